The third-order valence-electron chi connectivity index (χ3n) is 2.94. The summed E-state index contributed by atoms with van der Waals surface area (Å²) >= 11 is 5.60. The summed E-state index contributed by atoms with van der Waals surface area (Å²) in [7, 11) is 0. The number of hydrogen-bond donors (Lipinski definition) is 0. The summed E-state index contributed by atoms with van der Waals surface area (Å²) in [6.07, 6.45) is 1.64. The molecular weight excluding hydrogens is 250 g/mol. The van der Waals surface area contributed by atoms with E-state index in [1.807, 2.05) is 36.6 Å². The second-order valence-corrected chi connectivity index (χ2v) is 4.41. The van der Waals surface area contributed by atoms with E-state index in [1.165, 1.54) is 0 Å². The molecule has 0 bridgehead atoms. The molecule has 18 heavy (non-hydrogen) atoms. The van der Waals surface area contributed by atoms with Gasteiger partial charge in [-0.3, -0.25) is 4.79 Å². The summed E-state index contributed by atoms with van der Waals surface area (Å²) in [5, 5.41) is 7.90. The number of hydrogen-bond acceptors (Lipinski definition) is 3. The van der Waals surface area contributed by atoms with E-state index in [2.05, 4.69) is 10.2 Å². The summed E-state index contributed by atoms with van der Waals surface area (Å²) in [5.41, 5.74) is 3.49. The predicted molar refractivity (Wildman–Crippen MR) is 70.1 cm³/mol. The van der Waals surface area contributed by atoms with Crippen LogP contribution < -0.4 is 0 Å². The first-order valence-electron chi connectivity index (χ1n) is 5.66. The molecule has 0 unspecified atom stereocenters. The van der Waals surface area contributed by atoms with Crippen molar-refractivity contribution in [3.63, 3.8) is 0 Å². The molecule has 0 amide bonds. The van der Waals surface area contributed by atoms with E-state index in [0.717, 1.165) is 17.1 Å². The van der Waals surface area contributed by atoms with Gasteiger partial charge in [-0.05, 0) is 32.0 Å². The van der Waals surface area contributed by atoms with Crippen LogP contribution in [0, 0.1) is 13.8 Å². The van der Waals surface area contributed by atoms with Crippen LogP contribution >= 0.6 is 11.6 Å². The van der Waals surface area contributed by atoms with Crippen LogP contribution in [0.25, 0.3) is 0 Å². The Bertz CT molecular complexity index is 563. The summed E-state index contributed by atoms with van der Waals surface area (Å²) in [4.78, 5) is 11.7. The minimum absolute atomic E-state index is 0.00936. The Morgan fingerprint density at radius 3 is 2.83 bits per heavy atom. The van der Waals surface area contributed by atoms with Gasteiger partial charge >= 0.3 is 0 Å². The van der Waals surface area contributed by atoms with Gasteiger partial charge in [0.2, 0.25) is 0 Å². The lowest BCUT2D eigenvalue weighted by Gasteiger charge is -2.08. The fourth-order valence-electron chi connectivity index (χ4n) is 1.98. The van der Waals surface area contributed by atoms with E-state index in [-0.39, 0.29) is 11.7 Å². The molecule has 0 aliphatic heterocycles. The third-order valence-corrected chi connectivity index (χ3v) is 3.19. The number of nitrogens with zero attached hydrogens (tertiary/aromatic N) is 3. The number of rotatable bonds is 4. The van der Waals surface area contributed by atoms with Gasteiger partial charge in [0.15, 0.2) is 5.78 Å². The fourth-order valence-corrected chi connectivity index (χ4v) is 2.12. The molecule has 0 aliphatic carbocycles. The highest BCUT2D eigenvalue weighted by molar-refractivity contribution is 6.30. The van der Waals surface area contributed by atoms with Gasteiger partial charge in [-0.2, -0.15) is 10.2 Å². The molecule has 0 saturated heterocycles. The monoisotopic (exact) mass is 263 g/mol. The van der Waals surface area contributed by atoms with Gasteiger partial charge in [-0.25, -0.2) is 0 Å². The smallest absolute Gasteiger partial charge is 0.179 e. The zero-order chi connectivity index (χ0) is 13.1. The lowest BCUT2D eigenvalue weighted by atomic mass is 10.2. The molecule has 2 heterocycles. The zero-order valence-electron chi connectivity index (χ0n) is 10.4. The molecule has 0 aromatic carbocycles. The maximum absolute atomic E-state index is 11.7. The molecule has 2 aromatic heterocycles. The number of carbonyl (C=O) groups is 1. The minimum Gasteiger partial charge on any atom is -0.342 e. The number of halogens is 1. The molecular formula is C13H14ClN3O. The highest BCUT2D eigenvalue weighted by atomic mass is 35.5. The lowest BCUT2D eigenvalue weighted by molar-refractivity contribution is 0.102. The van der Waals surface area contributed by atoms with E-state index >= 15 is 0 Å². The van der Waals surface area contributed by atoms with Crippen LogP contribution in [-0.2, 0) is 6.54 Å². The van der Waals surface area contributed by atoms with Crippen molar-refractivity contribution in [2.24, 2.45) is 0 Å². The van der Waals surface area contributed by atoms with E-state index < -0.39 is 0 Å². The van der Waals surface area contributed by atoms with Crippen LogP contribution in [0.5, 0.6) is 0 Å². The molecule has 0 N–H and O–H groups in total. The Hall–Kier alpha value is -1.68. The van der Waals surface area contributed by atoms with Crippen LogP contribution in [-0.4, -0.2) is 26.4 Å². The van der Waals surface area contributed by atoms with E-state index in [1.54, 1.807) is 6.20 Å². The number of aromatic nitrogens is 3. The van der Waals surface area contributed by atoms with Crippen molar-refractivity contribution < 1.29 is 4.79 Å². The Kier molecular flexibility index (Phi) is 3.77. The van der Waals surface area contributed by atoms with Gasteiger partial charge in [-0.15, -0.1) is 11.6 Å². The first-order chi connectivity index (χ1) is 8.63. The van der Waals surface area contributed by atoms with Crippen LogP contribution in [0.3, 0.4) is 0 Å². The summed E-state index contributed by atoms with van der Waals surface area (Å²) in [6.45, 7) is 4.50. The second-order valence-electron chi connectivity index (χ2n) is 4.14. The summed E-state index contributed by atoms with van der Waals surface area (Å²) in [6, 6.07) is 5.63. The average Bonchev–Trinajstić information content (AvgIpc) is 2.67. The van der Waals surface area contributed by atoms with Crippen LogP contribution in [0.2, 0.25) is 0 Å². The van der Waals surface area contributed by atoms with Crippen molar-refractivity contribution >= 4 is 17.4 Å². The Morgan fingerprint density at radius 2 is 2.22 bits per heavy atom. The lowest BCUT2D eigenvalue weighted by Crippen LogP contribution is -2.08. The van der Waals surface area contributed by atoms with Gasteiger partial charge < -0.3 is 4.57 Å². The fraction of sp³-hybridized carbons (Fsp3) is 0.308. The van der Waals surface area contributed by atoms with Crippen molar-refractivity contribution in [1.29, 1.82) is 0 Å². The third kappa shape index (κ3) is 2.43. The molecule has 2 rings (SSSR count). The van der Waals surface area contributed by atoms with Crippen molar-refractivity contribution in [3.8, 4) is 0 Å². The maximum Gasteiger partial charge on any atom is 0.179 e. The van der Waals surface area contributed by atoms with Gasteiger partial charge in [0, 0.05) is 23.1 Å². The first kappa shape index (κ1) is 12.8. The first-order valence-corrected chi connectivity index (χ1v) is 6.19. The van der Waals surface area contributed by atoms with E-state index in [0.29, 0.717) is 12.1 Å². The second kappa shape index (κ2) is 5.31. The SMILES string of the molecule is Cc1cc(C(=O)CCl)c(C)n1Cc1cccnn1. The van der Waals surface area contributed by atoms with Crippen LogP contribution in [0.15, 0.2) is 24.4 Å². The molecule has 4 nitrogen and oxygen atoms in total. The number of carbonyl (C=O) groups excluding carboxylic acids is 1. The average molecular weight is 264 g/mol. The van der Waals surface area contributed by atoms with Gasteiger partial charge in [0.05, 0.1) is 18.1 Å². The normalized spacial score (nSPS) is 10.6. The molecule has 94 valence electrons. The molecule has 0 aliphatic rings. The van der Waals surface area contributed by atoms with Crippen molar-refractivity contribution in [2.75, 3.05) is 5.88 Å². The topological polar surface area (TPSA) is 47.8 Å². The molecule has 0 radical (unpaired) electrons. The number of ketones is 1. The Morgan fingerprint density at radius 1 is 1.44 bits per heavy atom. The summed E-state index contributed by atoms with van der Waals surface area (Å²) in [5.74, 6) is -0.0368. The maximum atomic E-state index is 11.7. The molecule has 5 heteroatoms. The number of alkyl halides is 1. The van der Waals surface area contributed by atoms with Gasteiger partial charge in [-0.1, -0.05) is 0 Å². The standard InChI is InChI=1S/C13H14ClN3O/c1-9-6-12(13(18)7-14)10(2)17(9)8-11-4-3-5-15-16-11/h3-6H,7-8H2,1-2H3. The van der Waals surface area contributed by atoms with Gasteiger partial charge in [0.25, 0.3) is 0 Å². The van der Waals surface area contributed by atoms with E-state index in [9.17, 15) is 4.79 Å². The summed E-state index contributed by atoms with van der Waals surface area (Å²) < 4.78 is 2.05. The molecule has 2 aromatic rings. The van der Waals surface area contributed by atoms with Crippen LogP contribution in [0.1, 0.15) is 27.4 Å². The van der Waals surface area contributed by atoms with Crippen LogP contribution in [0.4, 0.5) is 0 Å². The largest absolute Gasteiger partial charge is 0.342 e. The Labute approximate surface area is 111 Å². The molecule has 0 fully saturated rings. The molecule has 0 spiro atoms. The molecule has 0 saturated carbocycles. The van der Waals surface area contributed by atoms with E-state index in [4.69, 9.17) is 11.6 Å². The quantitative estimate of drug-likeness (QED) is 0.628. The number of Topliss-reactive ketones (excluding diaryl/α,β-unsaturated/α-hetero) is 1. The zero-order valence-corrected chi connectivity index (χ0v) is 11.1. The number of aryl methyl sites for hydroxylation is 1. The van der Waals surface area contributed by atoms with Crippen molar-refractivity contribution in [1.82, 2.24) is 14.8 Å². The van der Waals surface area contributed by atoms with Gasteiger partial charge in [0.1, 0.15) is 0 Å². The predicted octanol–water partition coefficient (Wildman–Crippen LogP) is 2.36. The highest BCUT2D eigenvalue weighted by Crippen LogP contribution is 2.17. The Balaban J connectivity index is 2.34. The van der Waals surface area contributed by atoms with Crippen molar-refractivity contribution in [3.05, 3.63) is 47.0 Å². The van der Waals surface area contributed by atoms with Crippen molar-refractivity contribution in [2.45, 2.75) is 20.4 Å². The minimum atomic E-state index is -0.0461. The molecule has 0 atom stereocenters. The highest BCUT2D eigenvalue weighted by Gasteiger charge is 2.15.